The van der Waals surface area contributed by atoms with Gasteiger partial charge in [0.15, 0.2) is 0 Å². The fraction of sp³-hybridized carbons (Fsp3) is 0.600. The molecule has 1 unspecified atom stereocenters. The highest BCUT2D eigenvalue weighted by Crippen LogP contribution is 2.26. The summed E-state index contributed by atoms with van der Waals surface area (Å²) in [5.74, 6) is 0.638. The number of rotatable bonds is 6. The van der Waals surface area contributed by atoms with Crippen molar-refractivity contribution in [1.82, 2.24) is 0 Å². The first-order chi connectivity index (χ1) is 8.53. The zero-order valence-corrected chi connectivity index (χ0v) is 13.5. The van der Waals surface area contributed by atoms with Crippen molar-refractivity contribution < 1.29 is 0 Å². The highest BCUT2D eigenvalue weighted by molar-refractivity contribution is 9.10. The molecule has 3 N–H and O–H groups in total. The van der Waals surface area contributed by atoms with E-state index < -0.39 is 0 Å². The summed E-state index contributed by atoms with van der Waals surface area (Å²) in [6.45, 7) is 9.39. The third-order valence-corrected chi connectivity index (χ3v) is 4.91. The van der Waals surface area contributed by atoms with E-state index in [9.17, 15) is 0 Å². The summed E-state index contributed by atoms with van der Waals surface area (Å²) in [5, 5.41) is 3.59. The highest BCUT2D eigenvalue weighted by atomic mass is 79.9. The Kier molecular flexibility index (Phi) is 6.16. The Morgan fingerprint density at radius 3 is 2.06 bits per heavy atom. The van der Waals surface area contributed by atoms with Crippen LogP contribution >= 0.6 is 15.9 Å². The molecule has 102 valence electrons. The molecule has 1 aromatic rings. The van der Waals surface area contributed by atoms with Crippen molar-refractivity contribution in [2.75, 3.05) is 11.9 Å². The monoisotopic (exact) mass is 312 g/mol. The third-order valence-electron chi connectivity index (χ3n) is 3.66. The number of nitrogens with two attached hydrogens (primary N) is 1. The van der Waals surface area contributed by atoms with Crippen LogP contribution in [0, 0.1) is 19.8 Å². The Balaban J connectivity index is 2.88. The zero-order valence-electron chi connectivity index (χ0n) is 11.9. The van der Waals surface area contributed by atoms with E-state index >= 15 is 0 Å². The second-order valence-electron chi connectivity index (χ2n) is 4.99. The zero-order chi connectivity index (χ0) is 13.7. The summed E-state index contributed by atoms with van der Waals surface area (Å²) in [5.41, 5.74) is 9.61. The minimum atomic E-state index is 0.361. The van der Waals surface area contributed by atoms with Gasteiger partial charge in [-0.3, -0.25) is 0 Å². The Hall–Kier alpha value is -0.540. The number of hydrogen-bond acceptors (Lipinski definition) is 2. The fourth-order valence-corrected chi connectivity index (χ4v) is 2.70. The molecule has 18 heavy (non-hydrogen) atoms. The van der Waals surface area contributed by atoms with Gasteiger partial charge in [0.05, 0.1) is 0 Å². The van der Waals surface area contributed by atoms with Crippen molar-refractivity contribution in [1.29, 1.82) is 0 Å². The summed E-state index contributed by atoms with van der Waals surface area (Å²) in [6.07, 6.45) is 2.33. The van der Waals surface area contributed by atoms with E-state index in [0.29, 0.717) is 18.5 Å². The maximum atomic E-state index is 5.91. The van der Waals surface area contributed by atoms with Crippen LogP contribution in [0.4, 0.5) is 5.69 Å². The van der Waals surface area contributed by atoms with Gasteiger partial charge < -0.3 is 11.1 Å². The van der Waals surface area contributed by atoms with E-state index in [1.807, 2.05) is 0 Å². The Morgan fingerprint density at radius 2 is 1.67 bits per heavy atom. The van der Waals surface area contributed by atoms with Crippen molar-refractivity contribution in [3.05, 3.63) is 27.7 Å². The van der Waals surface area contributed by atoms with E-state index in [2.05, 4.69) is 61.1 Å². The smallest absolute Gasteiger partial charge is 0.0411 e. The van der Waals surface area contributed by atoms with Crippen molar-refractivity contribution in [3.8, 4) is 0 Å². The average Bonchev–Trinajstić information content (AvgIpc) is 2.35. The number of hydrogen-bond donors (Lipinski definition) is 2. The molecule has 0 aliphatic heterocycles. The van der Waals surface area contributed by atoms with Gasteiger partial charge in [0, 0.05) is 22.7 Å². The van der Waals surface area contributed by atoms with Gasteiger partial charge in [-0.25, -0.2) is 0 Å². The lowest BCUT2D eigenvalue weighted by Crippen LogP contribution is -2.35. The first-order valence-electron chi connectivity index (χ1n) is 6.76. The van der Waals surface area contributed by atoms with Crippen LogP contribution in [0.2, 0.25) is 0 Å². The molecule has 1 aromatic carbocycles. The van der Waals surface area contributed by atoms with Crippen molar-refractivity contribution in [2.24, 2.45) is 11.7 Å². The second-order valence-corrected chi connectivity index (χ2v) is 5.78. The van der Waals surface area contributed by atoms with Gasteiger partial charge in [-0.05, 0) is 43.0 Å². The molecule has 1 rings (SSSR count). The normalized spacial score (nSPS) is 12.8. The lowest BCUT2D eigenvalue weighted by molar-refractivity contribution is 0.422. The minimum absolute atomic E-state index is 0.361. The van der Waals surface area contributed by atoms with Gasteiger partial charge in [-0.15, -0.1) is 0 Å². The van der Waals surface area contributed by atoms with Crippen LogP contribution in [0.25, 0.3) is 0 Å². The Bertz CT molecular complexity index is 363. The van der Waals surface area contributed by atoms with E-state index in [4.69, 9.17) is 5.73 Å². The molecule has 0 heterocycles. The lowest BCUT2D eigenvalue weighted by Gasteiger charge is -2.26. The molecule has 0 radical (unpaired) electrons. The van der Waals surface area contributed by atoms with Crippen LogP contribution in [0.3, 0.4) is 0 Å². The maximum absolute atomic E-state index is 5.91. The molecular weight excluding hydrogens is 288 g/mol. The number of aryl methyl sites for hydroxylation is 2. The van der Waals surface area contributed by atoms with Gasteiger partial charge in [0.25, 0.3) is 0 Å². The molecule has 0 aliphatic carbocycles. The van der Waals surface area contributed by atoms with Gasteiger partial charge in [-0.1, -0.05) is 42.6 Å². The summed E-state index contributed by atoms with van der Waals surface area (Å²) in [7, 11) is 0. The Morgan fingerprint density at radius 1 is 1.17 bits per heavy atom. The SMILES string of the molecule is CCC(CC)C(CN)Nc1cc(C)c(Br)c(C)c1. The predicted octanol–water partition coefficient (Wildman–Crippen LogP) is 4.24. The van der Waals surface area contributed by atoms with Crippen LogP contribution in [0.15, 0.2) is 16.6 Å². The molecular formula is C15H25BrN2. The number of halogens is 1. The topological polar surface area (TPSA) is 38.0 Å². The molecule has 1 atom stereocenters. The van der Waals surface area contributed by atoms with E-state index in [0.717, 1.165) is 0 Å². The quantitative estimate of drug-likeness (QED) is 0.824. The van der Waals surface area contributed by atoms with Crippen molar-refractivity contribution in [2.45, 2.75) is 46.6 Å². The first-order valence-corrected chi connectivity index (χ1v) is 7.56. The van der Waals surface area contributed by atoms with Gasteiger partial charge in [0.2, 0.25) is 0 Å². The molecule has 0 bridgehead atoms. The summed E-state index contributed by atoms with van der Waals surface area (Å²) < 4.78 is 1.19. The van der Waals surface area contributed by atoms with Crippen LogP contribution in [-0.2, 0) is 0 Å². The highest BCUT2D eigenvalue weighted by Gasteiger charge is 2.17. The average molecular weight is 313 g/mol. The van der Waals surface area contributed by atoms with Gasteiger partial charge in [0.1, 0.15) is 0 Å². The van der Waals surface area contributed by atoms with Crippen molar-refractivity contribution >= 4 is 21.6 Å². The number of anilines is 1. The largest absolute Gasteiger partial charge is 0.381 e. The van der Waals surface area contributed by atoms with E-state index in [-0.39, 0.29) is 0 Å². The first kappa shape index (κ1) is 15.5. The maximum Gasteiger partial charge on any atom is 0.0411 e. The van der Waals surface area contributed by atoms with Crippen LogP contribution in [0.5, 0.6) is 0 Å². The fourth-order valence-electron chi connectivity index (χ4n) is 2.47. The lowest BCUT2D eigenvalue weighted by atomic mass is 9.94. The number of benzene rings is 1. The summed E-state index contributed by atoms with van der Waals surface area (Å²) >= 11 is 3.60. The molecule has 0 aliphatic rings. The number of nitrogens with one attached hydrogen (secondary N) is 1. The summed E-state index contributed by atoms with van der Waals surface area (Å²) in [6, 6.07) is 4.73. The third kappa shape index (κ3) is 3.72. The summed E-state index contributed by atoms with van der Waals surface area (Å²) in [4.78, 5) is 0. The van der Waals surface area contributed by atoms with Crippen LogP contribution in [-0.4, -0.2) is 12.6 Å². The second kappa shape index (κ2) is 7.15. The molecule has 2 nitrogen and oxygen atoms in total. The van der Waals surface area contributed by atoms with E-state index in [1.165, 1.54) is 34.1 Å². The molecule has 0 aromatic heterocycles. The Labute approximate surface area is 119 Å². The molecule has 0 spiro atoms. The van der Waals surface area contributed by atoms with Crippen LogP contribution < -0.4 is 11.1 Å². The molecule has 0 fully saturated rings. The minimum Gasteiger partial charge on any atom is -0.381 e. The van der Waals surface area contributed by atoms with Gasteiger partial charge in [-0.2, -0.15) is 0 Å². The van der Waals surface area contributed by atoms with E-state index in [1.54, 1.807) is 0 Å². The van der Waals surface area contributed by atoms with Crippen LogP contribution in [0.1, 0.15) is 37.8 Å². The predicted molar refractivity (Wildman–Crippen MR) is 84.2 cm³/mol. The standard InChI is InChI=1S/C15H25BrN2/c1-5-12(6-2)14(9-17)18-13-7-10(3)15(16)11(4)8-13/h7-8,12,14,18H,5-6,9,17H2,1-4H3. The molecule has 0 saturated carbocycles. The van der Waals surface area contributed by atoms with Gasteiger partial charge >= 0.3 is 0 Å². The molecule has 0 saturated heterocycles. The molecule has 0 amide bonds. The van der Waals surface area contributed by atoms with Crippen molar-refractivity contribution in [3.63, 3.8) is 0 Å². The molecule has 3 heteroatoms.